The van der Waals surface area contributed by atoms with E-state index in [2.05, 4.69) is 5.32 Å². The molecule has 1 amide bonds. The highest BCUT2D eigenvalue weighted by atomic mass is 32.1. The lowest BCUT2D eigenvalue weighted by Crippen LogP contribution is -2.23. The Kier molecular flexibility index (Phi) is 3.84. The summed E-state index contributed by atoms with van der Waals surface area (Å²) in [5.41, 5.74) is 2.00. The van der Waals surface area contributed by atoms with Gasteiger partial charge < -0.3 is 5.32 Å². The molecule has 0 fully saturated rings. The number of hydrogen-bond acceptors (Lipinski definition) is 2. The summed E-state index contributed by atoms with van der Waals surface area (Å²) in [5, 5.41) is 4.59. The number of benzene rings is 2. The third kappa shape index (κ3) is 2.82. The van der Waals surface area contributed by atoms with Gasteiger partial charge in [-0.1, -0.05) is 12.1 Å². The van der Waals surface area contributed by atoms with E-state index >= 15 is 0 Å². The van der Waals surface area contributed by atoms with Gasteiger partial charge in [-0.05, 0) is 41.5 Å². The third-order valence-electron chi connectivity index (χ3n) is 4.26. The van der Waals surface area contributed by atoms with Gasteiger partial charge in [0, 0.05) is 28.2 Å². The third-order valence-corrected chi connectivity index (χ3v) is 5.36. The summed E-state index contributed by atoms with van der Waals surface area (Å²) < 4.78 is 41.3. The molecule has 0 spiro atoms. The number of carbonyl (C=O) groups is 1. The molecule has 2 nitrogen and oxygen atoms in total. The molecule has 0 aliphatic carbocycles. The monoisotopic (exact) mass is 359 g/mol. The van der Waals surface area contributed by atoms with Crippen molar-refractivity contribution in [2.24, 2.45) is 0 Å². The molecule has 25 heavy (non-hydrogen) atoms. The fourth-order valence-electron chi connectivity index (χ4n) is 3.13. The predicted molar refractivity (Wildman–Crippen MR) is 91.2 cm³/mol. The van der Waals surface area contributed by atoms with Crippen LogP contribution in [0, 0.1) is 17.5 Å². The fourth-order valence-corrected chi connectivity index (χ4v) is 4.28. The Morgan fingerprint density at radius 3 is 2.64 bits per heavy atom. The van der Waals surface area contributed by atoms with Crippen LogP contribution in [-0.4, -0.2) is 5.91 Å². The minimum absolute atomic E-state index is 0.0382. The first-order valence-corrected chi connectivity index (χ1v) is 8.53. The highest BCUT2D eigenvalue weighted by molar-refractivity contribution is 7.11. The van der Waals surface area contributed by atoms with Crippen molar-refractivity contribution in [3.63, 3.8) is 0 Å². The van der Waals surface area contributed by atoms with Gasteiger partial charge in [0.2, 0.25) is 5.91 Å². The lowest BCUT2D eigenvalue weighted by molar-refractivity contribution is -0.116. The lowest BCUT2D eigenvalue weighted by atomic mass is 9.88. The molecule has 1 unspecified atom stereocenters. The van der Waals surface area contributed by atoms with E-state index in [0.717, 1.165) is 23.1 Å². The Morgan fingerprint density at radius 1 is 1.04 bits per heavy atom. The number of carbonyl (C=O) groups excluding carboxylic acids is 1. The van der Waals surface area contributed by atoms with Crippen molar-refractivity contribution in [1.29, 1.82) is 0 Å². The second-order valence-corrected chi connectivity index (χ2v) is 6.78. The van der Waals surface area contributed by atoms with Crippen molar-refractivity contribution in [2.75, 3.05) is 5.32 Å². The van der Waals surface area contributed by atoms with Gasteiger partial charge in [-0.15, -0.1) is 11.3 Å². The smallest absolute Gasteiger partial charge is 0.225 e. The van der Waals surface area contributed by atoms with Crippen LogP contribution in [0.4, 0.5) is 18.9 Å². The van der Waals surface area contributed by atoms with Gasteiger partial charge in [-0.25, -0.2) is 13.2 Å². The summed E-state index contributed by atoms with van der Waals surface area (Å²) in [7, 11) is 0. The van der Waals surface area contributed by atoms with Crippen molar-refractivity contribution in [3.8, 4) is 11.1 Å². The number of amides is 1. The van der Waals surface area contributed by atoms with Crippen LogP contribution in [0.15, 0.2) is 47.8 Å². The maximum absolute atomic E-state index is 14.2. The topological polar surface area (TPSA) is 29.1 Å². The maximum atomic E-state index is 14.2. The van der Waals surface area contributed by atoms with Gasteiger partial charge in [-0.2, -0.15) is 0 Å². The Hall–Kier alpha value is -2.60. The van der Waals surface area contributed by atoms with E-state index in [4.69, 9.17) is 0 Å². The molecule has 1 aliphatic heterocycles. The molecular weight excluding hydrogens is 347 g/mol. The fraction of sp³-hybridized carbons (Fsp3) is 0.105. The van der Waals surface area contributed by atoms with Gasteiger partial charge in [0.25, 0.3) is 0 Å². The molecule has 2 heterocycles. The van der Waals surface area contributed by atoms with Crippen LogP contribution in [0.5, 0.6) is 0 Å². The van der Waals surface area contributed by atoms with Crippen LogP contribution in [0.25, 0.3) is 11.1 Å². The van der Waals surface area contributed by atoms with E-state index < -0.39 is 17.6 Å². The SMILES string of the molecule is O=C1CC(c2cc(F)ccc2F)c2scc(-c3cccc(F)c3)c2N1. The van der Waals surface area contributed by atoms with E-state index in [-0.39, 0.29) is 23.7 Å². The average Bonchev–Trinajstić information content (AvgIpc) is 3.00. The molecule has 0 saturated carbocycles. The maximum Gasteiger partial charge on any atom is 0.225 e. The molecule has 0 bridgehead atoms. The first-order chi connectivity index (χ1) is 12.0. The van der Waals surface area contributed by atoms with E-state index in [9.17, 15) is 18.0 Å². The molecule has 1 aliphatic rings. The molecule has 3 aromatic rings. The number of rotatable bonds is 2. The molecule has 1 N–H and O–H groups in total. The molecule has 1 aromatic heterocycles. The molecule has 2 aromatic carbocycles. The first kappa shape index (κ1) is 15.9. The summed E-state index contributed by atoms with van der Waals surface area (Å²) in [6, 6.07) is 9.29. The highest BCUT2D eigenvalue weighted by Gasteiger charge is 2.32. The molecule has 0 radical (unpaired) electrons. The number of hydrogen-bond donors (Lipinski definition) is 1. The highest BCUT2D eigenvalue weighted by Crippen LogP contribution is 2.47. The Morgan fingerprint density at radius 2 is 1.84 bits per heavy atom. The van der Waals surface area contributed by atoms with Crippen LogP contribution in [0.2, 0.25) is 0 Å². The summed E-state index contributed by atoms with van der Waals surface area (Å²) in [6.07, 6.45) is 0.0382. The van der Waals surface area contributed by atoms with Crippen LogP contribution in [0.3, 0.4) is 0 Å². The second-order valence-electron chi connectivity index (χ2n) is 5.87. The number of fused-ring (bicyclic) bond motifs is 1. The van der Waals surface area contributed by atoms with E-state index in [1.54, 1.807) is 17.5 Å². The molecule has 4 rings (SSSR count). The summed E-state index contributed by atoms with van der Waals surface area (Å²) in [6.45, 7) is 0. The zero-order valence-electron chi connectivity index (χ0n) is 12.9. The Bertz CT molecular complexity index is 983. The normalized spacial score (nSPS) is 16.4. The Balaban J connectivity index is 1.86. The van der Waals surface area contributed by atoms with Crippen molar-refractivity contribution in [3.05, 3.63) is 75.7 Å². The average molecular weight is 359 g/mol. The van der Waals surface area contributed by atoms with Gasteiger partial charge in [-0.3, -0.25) is 4.79 Å². The second kappa shape index (κ2) is 6.04. The number of thiophene rings is 1. The van der Waals surface area contributed by atoms with Gasteiger partial charge >= 0.3 is 0 Å². The quantitative estimate of drug-likeness (QED) is 0.660. The van der Waals surface area contributed by atoms with Crippen LogP contribution >= 0.6 is 11.3 Å². The van der Waals surface area contributed by atoms with Crippen LogP contribution in [-0.2, 0) is 4.79 Å². The minimum Gasteiger partial charge on any atom is -0.325 e. The van der Waals surface area contributed by atoms with Gasteiger partial charge in [0.15, 0.2) is 0 Å². The van der Waals surface area contributed by atoms with Crippen molar-refractivity contribution >= 4 is 22.9 Å². The summed E-state index contributed by atoms with van der Waals surface area (Å²) in [5.74, 6) is -2.32. The predicted octanol–water partition coefficient (Wildman–Crippen LogP) is 5.31. The summed E-state index contributed by atoms with van der Waals surface area (Å²) in [4.78, 5) is 12.9. The lowest BCUT2D eigenvalue weighted by Gasteiger charge is -2.24. The van der Waals surface area contributed by atoms with Crippen molar-refractivity contribution in [2.45, 2.75) is 12.3 Å². The number of nitrogens with one attached hydrogen (secondary N) is 1. The van der Waals surface area contributed by atoms with E-state index in [1.807, 2.05) is 0 Å². The van der Waals surface area contributed by atoms with E-state index in [0.29, 0.717) is 16.8 Å². The molecule has 126 valence electrons. The zero-order valence-corrected chi connectivity index (χ0v) is 13.7. The number of anilines is 1. The van der Waals surface area contributed by atoms with Crippen LogP contribution in [0.1, 0.15) is 22.8 Å². The van der Waals surface area contributed by atoms with Gasteiger partial charge in [0.1, 0.15) is 17.5 Å². The van der Waals surface area contributed by atoms with Crippen molar-refractivity contribution < 1.29 is 18.0 Å². The summed E-state index contributed by atoms with van der Waals surface area (Å²) >= 11 is 1.35. The molecule has 6 heteroatoms. The molecule has 1 atom stereocenters. The van der Waals surface area contributed by atoms with E-state index in [1.165, 1.54) is 23.5 Å². The van der Waals surface area contributed by atoms with Gasteiger partial charge in [0.05, 0.1) is 5.69 Å². The van der Waals surface area contributed by atoms with Crippen molar-refractivity contribution in [1.82, 2.24) is 0 Å². The minimum atomic E-state index is -0.563. The zero-order chi connectivity index (χ0) is 17.6. The van der Waals surface area contributed by atoms with Crippen LogP contribution < -0.4 is 5.32 Å². The largest absolute Gasteiger partial charge is 0.325 e. The molecule has 0 saturated heterocycles. The Labute approximate surface area is 145 Å². The number of halogens is 3. The first-order valence-electron chi connectivity index (χ1n) is 7.65. The molecular formula is C19H12F3NOS. The standard InChI is InChI=1S/C19H12F3NOS/c20-11-3-1-2-10(6-11)15-9-25-19-14(8-17(24)23-18(15)19)13-7-12(21)4-5-16(13)22/h1-7,9,14H,8H2,(H,23,24).